The van der Waals surface area contributed by atoms with E-state index in [2.05, 4.69) is 19.2 Å². The number of benzene rings is 2. The normalized spacial score (nSPS) is 14.3. The van der Waals surface area contributed by atoms with Crippen LogP contribution in [0, 0.1) is 0 Å². The summed E-state index contributed by atoms with van der Waals surface area (Å²) >= 11 is 13.4. The number of hydrogen-bond donors (Lipinski definition) is 0. The Hall–Kier alpha value is -2.74. The Bertz CT molecular complexity index is 1250. The molecule has 0 unspecified atom stereocenters. The van der Waals surface area contributed by atoms with Crippen LogP contribution < -0.4 is 4.90 Å². The second-order valence-electron chi connectivity index (χ2n) is 7.20. The summed E-state index contributed by atoms with van der Waals surface area (Å²) in [4.78, 5) is 25.9. The van der Waals surface area contributed by atoms with Crippen molar-refractivity contribution in [3.05, 3.63) is 70.5 Å². The van der Waals surface area contributed by atoms with Crippen LogP contribution in [0.2, 0.25) is 10.0 Å². The molecule has 3 heterocycles. The topological polar surface area (TPSA) is 62.2 Å². The van der Waals surface area contributed by atoms with Crippen LogP contribution in [-0.2, 0) is 0 Å². The Morgan fingerprint density at radius 1 is 0.935 bits per heavy atom. The molecule has 31 heavy (non-hydrogen) atoms. The van der Waals surface area contributed by atoms with Crippen LogP contribution >= 0.6 is 34.7 Å². The van der Waals surface area contributed by atoms with Crippen LogP contribution in [0.4, 0.5) is 5.82 Å². The lowest BCUT2D eigenvalue weighted by molar-refractivity contribution is 0.0746. The molecule has 1 aliphatic heterocycles. The Labute approximate surface area is 193 Å². The first-order chi connectivity index (χ1) is 15.1. The van der Waals surface area contributed by atoms with E-state index in [0.717, 1.165) is 27.3 Å². The second kappa shape index (κ2) is 8.42. The van der Waals surface area contributed by atoms with E-state index in [1.54, 1.807) is 30.6 Å². The standard InChI is InChI=1S/C22H17Cl2N5OS/c23-16-6-4-14(5-7-16)18-19-20(31-27-18)21(26-13-25-19)28-8-10-29(11-9-28)22(30)15-2-1-3-17(24)12-15/h1-7,12-13H,8-11H2. The summed E-state index contributed by atoms with van der Waals surface area (Å²) in [7, 11) is 0. The number of anilines is 1. The largest absolute Gasteiger partial charge is 0.352 e. The van der Waals surface area contributed by atoms with Crippen LogP contribution in [0.15, 0.2) is 54.9 Å². The molecule has 0 atom stereocenters. The van der Waals surface area contributed by atoms with Crippen molar-refractivity contribution >= 4 is 56.7 Å². The fourth-order valence-corrected chi connectivity index (χ4v) is 4.89. The van der Waals surface area contributed by atoms with E-state index < -0.39 is 0 Å². The monoisotopic (exact) mass is 469 g/mol. The molecule has 6 nitrogen and oxygen atoms in total. The average molecular weight is 470 g/mol. The first-order valence-electron chi connectivity index (χ1n) is 9.76. The third-order valence-electron chi connectivity index (χ3n) is 5.29. The number of nitrogens with zero attached hydrogens (tertiary/aromatic N) is 5. The molecule has 2 aromatic heterocycles. The Morgan fingerprint density at radius 3 is 2.45 bits per heavy atom. The summed E-state index contributed by atoms with van der Waals surface area (Å²) in [6.45, 7) is 2.60. The first-order valence-corrected chi connectivity index (χ1v) is 11.3. The SMILES string of the molecule is O=C(c1cccc(Cl)c1)N1CCN(c2ncnc3c(-c4ccc(Cl)cc4)nsc23)CC1. The van der Waals surface area contributed by atoms with Crippen LogP contribution in [-0.4, -0.2) is 51.3 Å². The molecule has 0 bridgehead atoms. The maximum atomic E-state index is 12.8. The molecule has 9 heteroatoms. The molecular weight excluding hydrogens is 453 g/mol. The zero-order chi connectivity index (χ0) is 21.4. The molecule has 0 radical (unpaired) electrons. The number of hydrogen-bond acceptors (Lipinski definition) is 6. The predicted octanol–water partition coefficient (Wildman–Crippen LogP) is 5.02. The highest BCUT2D eigenvalue weighted by molar-refractivity contribution is 7.14. The van der Waals surface area contributed by atoms with Gasteiger partial charge in [-0.15, -0.1) is 0 Å². The van der Waals surface area contributed by atoms with Crippen molar-refractivity contribution in [2.75, 3.05) is 31.1 Å². The van der Waals surface area contributed by atoms with Crippen molar-refractivity contribution < 1.29 is 4.79 Å². The zero-order valence-electron chi connectivity index (χ0n) is 16.3. The van der Waals surface area contributed by atoms with E-state index in [4.69, 9.17) is 23.2 Å². The molecule has 0 aliphatic carbocycles. The van der Waals surface area contributed by atoms with Gasteiger partial charge in [0, 0.05) is 47.4 Å². The summed E-state index contributed by atoms with van der Waals surface area (Å²) in [5, 5.41) is 1.25. The highest BCUT2D eigenvalue weighted by atomic mass is 35.5. The molecule has 1 amide bonds. The molecule has 1 fully saturated rings. The number of carbonyl (C=O) groups excluding carboxylic acids is 1. The summed E-state index contributed by atoms with van der Waals surface area (Å²) in [6, 6.07) is 14.7. The van der Waals surface area contributed by atoms with Gasteiger partial charge in [0.05, 0.1) is 0 Å². The molecule has 4 aromatic rings. The number of fused-ring (bicyclic) bond motifs is 1. The van der Waals surface area contributed by atoms with Crippen LogP contribution in [0.25, 0.3) is 21.5 Å². The van der Waals surface area contributed by atoms with Gasteiger partial charge in [-0.1, -0.05) is 41.4 Å². The third-order valence-corrected chi connectivity index (χ3v) is 6.61. The van der Waals surface area contributed by atoms with Gasteiger partial charge in [0.15, 0.2) is 5.82 Å². The van der Waals surface area contributed by atoms with Crippen LogP contribution in [0.1, 0.15) is 10.4 Å². The van der Waals surface area contributed by atoms with Crippen molar-refractivity contribution in [3.63, 3.8) is 0 Å². The molecule has 0 saturated carbocycles. The third kappa shape index (κ3) is 3.96. The number of aromatic nitrogens is 3. The van der Waals surface area contributed by atoms with Crippen molar-refractivity contribution in [1.82, 2.24) is 19.2 Å². The Morgan fingerprint density at radius 2 is 1.71 bits per heavy atom. The highest BCUT2D eigenvalue weighted by Gasteiger charge is 2.25. The van der Waals surface area contributed by atoms with E-state index in [9.17, 15) is 4.79 Å². The van der Waals surface area contributed by atoms with Gasteiger partial charge in [-0.05, 0) is 41.9 Å². The van der Waals surface area contributed by atoms with Gasteiger partial charge in [0.25, 0.3) is 5.91 Å². The molecule has 1 saturated heterocycles. The zero-order valence-corrected chi connectivity index (χ0v) is 18.7. The summed E-state index contributed by atoms with van der Waals surface area (Å²) in [5.74, 6) is 0.857. The fraction of sp³-hybridized carbons (Fsp3) is 0.182. The minimum atomic E-state index is -0.00204. The van der Waals surface area contributed by atoms with Gasteiger partial charge in [-0.3, -0.25) is 4.79 Å². The average Bonchev–Trinajstić information content (AvgIpc) is 3.23. The molecule has 156 valence electrons. The minimum absolute atomic E-state index is 0.00204. The van der Waals surface area contributed by atoms with Crippen LogP contribution in [0.5, 0.6) is 0 Å². The smallest absolute Gasteiger partial charge is 0.254 e. The molecule has 5 rings (SSSR count). The molecule has 0 N–H and O–H groups in total. The minimum Gasteiger partial charge on any atom is -0.352 e. The quantitative estimate of drug-likeness (QED) is 0.421. The maximum Gasteiger partial charge on any atom is 0.254 e. The molecule has 1 aliphatic rings. The lowest BCUT2D eigenvalue weighted by atomic mass is 10.1. The van der Waals surface area contributed by atoms with E-state index in [-0.39, 0.29) is 5.91 Å². The summed E-state index contributed by atoms with van der Waals surface area (Å²) in [5.41, 5.74) is 3.24. The van der Waals surface area contributed by atoms with Gasteiger partial charge < -0.3 is 9.80 Å². The fourth-order valence-electron chi connectivity index (χ4n) is 3.70. The summed E-state index contributed by atoms with van der Waals surface area (Å²) in [6.07, 6.45) is 1.58. The summed E-state index contributed by atoms with van der Waals surface area (Å²) < 4.78 is 5.58. The van der Waals surface area contributed by atoms with Crippen molar-refractivity contribution in [2.45, 2.75) is 0 Å². The number of carbonyl (C=O) groups is 1. The van der Waals surface area contributed by atoms with Crippen molar-refractivity contribution in [1.29, 1.82) is 0 Å². The van der Waals surface area contributed by atoms with Crippen molar-refractivity contribution in [2.24, 2.45) is 0 Å². The van der Waals surface area contributed by atoms with Crippen LogP contribution in [0.3, 0.4) is 0 Å². The Kier molecular flexibility index (Phi) is 5.48. The lowest BCUT2D eigenvalue weighted by Gasteiger charge is -2.35. The number of halogens is 2. The second-order valence-corrected chi connectivity index (χ2v) is 8.85. The van der Waals surface area contributed by atoms with Gasteiger partial charge >= 0.3 is 0 Å². The number of amides is 1. The van der Waals surface area contributed by atoms with Gasteiger partial charge in [-0.25, -0.2) is 9.97 Å². The van der Waals surface area contributed by atoms with E-state index in [1.165, 1.54) is 11.5 Å². The maximum absolute atomic E-state index is 12.8. The molecule has 2 aromatic carbocycles. The highest BCUT2D eigenvalue weighted by Crippen LogP contribution is 2.34. The lowest BCUT2D eigenvalue weighted by Crippen LogP contribution is -2.49. The number of piperazine rings is 1. The molecular formula is C22H17Cl2N5OS. The van der Waals surface area contributed by atoms with Gasteiger partial charge in [0.1, 0.15) is 22.2 Å². The van der Waals surface area contributed by atoms with Gasteiger partial charge in [0.2, 0.25) is 0 Å². The number of rotatable bonds is 3. The predicted molar refractivity (Wildman–Crippen MR) is 125 cm³/mol. The Balaban J connectivity index is 1.36. The molecule has 0 spiro atoms. The van der Waals surface area contributed by atoms with E-state index >= 15 is 0 Å². The van der Waals surface area contributed by atoms with Crippen molar-refractivity contribution in [3.8, 4) is 11.3 Å². The van der Waals surface area contributed by atoms with E-state index in [1.807, 2.05) is 29.2 Å². The van der Waals surface area contributed by atoms with Gasteiger partial charge in [-0.2, -0.15) is 4.37 Å². The van der Waals surface area contributed by atoms with E-state index in [0.29, 0.717) is 41.8 Å². The first kappa shape index (κ1) is 20.2.